The summed E-state index contributed by atoms with van der Waals surface area (Å²) in [6.45, 7) is 6.96. The first kappa shape index (κ1) is 15.7. The maximum Gasteiger partial charge on any atom is 0.335 e. The van der Waals surface area contributed by atoms with Crippen molar-refractivity contribution < 1.29 is 18.3 Å². The molecule has 0 radical (unpaired) electrons. The van der Waals surface area contributed by atoms with Crippen LogP contribution in [0.4, 0.5) is 0 Å². The Morgan fingerprint density at radius 2 is 1.84 bits per heavy atom. The molecule has 1 aromatic rings. The molecule has 0 heterocycles. The fourth-order valence-electron chi connectivity index (χ4n) is 2.15. The number of aryl methyl sites for hydroxylation is 2. The third-order valence-corrected chi connectivity index (χ3v) is 5.63. The average Bonchev–Trinajstić information content (AvgIpc) is 2.28. The SMILES string of the molecule is CCCC(C)S(=O)(=O)c1cc(C(=O)O)c(C)cc1C. The van der Waals surface area contributed by atoms with Gasteiger partial charge in [0.15, 0.2) is 9.84 Å². The Bertz CT molecular complexity index is 588. The Morgan fingerprint density at radius 3 is 2.32 bits per heavy atom. The highest BCUT2D eigenvalue weighted by Gasteiger charge is 2.26. The molecule has 0 saturated carbocycles. The second kappa shape index (κ2) is 5.74. The molecule has 0 aliphatic heterocycles. The van der Waals surface area contributed by atoms with Crippen LogP contribution in [0, 0.1) is 13.8 Å². The predicted octanol–water partition coefficient (Wildman–Crippen LogP) is 2.96. The van der Waals surface area contributed by atoms with Crippen molar-refractivity contribution in [1.82, 2.24) is 0 Å². The number of hydrogen-bond donors (Lipinski definition) is 1. The van der Waals surface area contributed by atoms with Crippen LogP contribution in [-0.2, 0) is 9.84 Å². The molecule has 0 aromatic heterocycles. The van der Waals surface area contributed by atoms with E-state index >= 15 is 0 Å². The minimum absolute atomic E-state index is 0.0490. The zero-order chi connectivity index (χ0) is 14.8. The number of sulfone groups is 1. The summed E-state index contributed by atoms with van der Waals surface area (Å²) in [5.41, 5.74) is 1.23. The van der Waals surface area contributed by atoms with E-state index in [4.69, 9.17) is 5.11 Å². The Hall–Kier alpha value is -1.36. The van der Waals surface area contributed by atoms with Gasteiger partial charge in [0.2, 0.25) is 0 Å². The van der Waals surface area contributed by atoms with Gasteiger partial charge >= 0.3 is 5.97 Å². The van der Waals surface area contributed by atoms with Gasteiger partial charge in [-0.3, -0.25) is 0 Å². The summed E-state index contributed by atoms with van der Waals surface area (Å²) in [4.78, 5) is 11.2. The van der Waals surface area contributed by atoms with Crippen molar-refractivity contribution in [2.24, 2.45) is 0 Å². The molecule has 0 fully saturated rings. The number of rotatable bonds is 5. The highest BCUT2D eigenvalue weighted by atomic mass is 32.2. The van der Waals surface area contributed by atoms with E-state index < -0.39 is 21.1 Å². The summed E-state index contributed by atoms with van der Waals surface area (Å²) >= 11 is 0. The zero-order valence-electron chi connectivity index (χ0n) is 11.7. The lowest BCUT2D eigenvalue weighted by Crippen LogP contribution is -2.19. The van der Waals surface area contributed by atoms with Crippen LogP contribution in [0.2, 0.25) is 0 Å². The fourth-order valence-corrected chi connectivity index (χ4v) is 3.92. The number of carboxylic acid groups (broad SMARTS) is 1. The van der Waals surface area contributed by atoms with Gasteiger partial charge in [-0.25, -0.2) is 13.2 Å². The van der Waals surface area contributed by atoms with E-state index in [0.29, 0.717) is 17.5 Å². The molecule has 4 nitrogen and oxygen atoms in total. The third kappa shape index (κ3) is 3.15. The van der Waals surface area contributed by atoms with Crippen molar-refractivity contribution in [3.63, 3.8) is 0 Å². The molecule has 0 spiro atoms. The first-order valence-corrected chi connectivity index (χ1v) is 7.84. The molecule has 19 heavy (non-hydrogen) atoms. The highest BCUT2D eigenvalue weighted by molar-refractivity contribution is 7.92. The lowest BCUT2D eigenvalue weighted by molar-refractivity contribution is 0.0696. The smallest absolute Gasteiger partial charge is 0.335 e. The van der Waals surface area contributed by atoms with Crippen molar-refractivity contribution in [3.8, 4) is 0 Å². The van der Waals surface area contributed by atoms with Gasteiger partial charge in [-0.15, -0.1) is 0 Å². The van der Waals surface area contributed by atoms with Crippen molar-refractivity contribution in [3.05, 3.63) is 28.8 Å². The van der Waals surface area contributed by atoms with E-state index in [1.165, 1.54) is 6.07 Å². The van der Waals surface area contributed by atoms with Crippen LogP contribution in [-0.4, -0.2) is 24.7 Å². The quantitative estimate of drug-likeness (QED) is 0.902. The average molecular weight is 284 g/mol. The maximum absolute atomic E-state index is 12.4. The summed E-state index contributed by atoms with van der Waals surface area (Å²) in [5.74, 6) is -1.10. The Kier molecular flexibility index (Phi) is 4.74. The van der Waals surface area contributed by atoms with Crippen LogP contribution < -0.4 is 0 Å². The molecule has 106 valence electrons. The van der Waals surface area contributed by atoms with E-state index in [1.54, 1.807) is 26.8 Å². The molecule has 0 saturated heterocycles. The van der Waals surface area contributed by atoms with Gasteiger partial charge in [-0.05, 0) is 44.4 Å². The summed E-state index contributed by atoms with van der Waals surface area (Å²) in [6.07, 6.45) is 1.34. The maximum atomic E-state index is 12.4. The normalized spacial score (nSPS) is 13.3. The van der Waals surface area contributed by atoms with Crippen molar-refractivity contribution in [2.75, 3.05) is 0 Å². The van der Waals surface area contributed by atoms with Gasteiger partial charge < -0.3 is 5.11 Å². The molecular formula is C14H20O4S. The van der Waals surface area contributed by atoms with E-state index in [1.807, 2.05) is 6.92 Å². The second-order valence-electron chi connectivity index (χ2n) is 4.88. The van der Waals surface area contributed by atoms with Gasteiger partial charge in [0, 0.05) is 0 Å². The Morgan fingerprint density at radius 1 is 1.26 bits per heavy atom. The van der Waals surface area contributed by atoms with E-state index in [9.17, 15) is 13.2 Å². The first-order chi connectivity index (χ1) is 8.71. The van der Waals surface area contributed by atoms with Crippen molar-refractivity contribution in [2.45, 2.75) is 50.7 Å². The standard InChI is InChI=1S/C14H20O4S/c1-5-6-11(4)19(17,18)13-8-12(14(15)16)9(2)7-10(13)3/h7-8,11H,5-6H2,1-4H3,(H,15,16). The third-order valence-electron chi connectivity index (χ3n) is 3.28. The van der Waals surface area contributed by atoms with Gasteiger partial charge in [0.05, 0.1) is 15.7 Å². The van der Waals surface area contributed by atoms with E-state index in [-0.39, 0.29) is 10.5 Å². The molecule has 0 bridgehead atoms. The zero-order valence-corrected chi connectivity index (χ0v) is 12.5. The molecule has 1 atom stereocenters. The lowest BCUT2D eigenvalue weighted by atomic mass is 10.1. The minimum Gasteiger partial charge on any atom is -0.478 e. The van der Waals surface area contributed by atoms with Gasteiger partial charge in [-0.1, -0.05) is 19.4 Å². The predicted molar refractivity (Wildman–Crippen MR) is 74.4 cm³/mol. The fraction of sp³-hybridized carbons (Fsp3) is 0.500. The number of aromatic carboxylic acids is 1. The number of carbonyl (C=O) groups is 1. The van der Waals surface area contributed by atoms with Crippen LogP contribution in [0.5, 0.6) is 0 Å². The Labute approximate surface area is 114 Å². The lowest BCUT2D eigenvalue weighted by Gasteiger charge is -2.15. The van der Waals surface area contributed by atoms with Crippen molar-refractivity contribution in [1.29, 1.82) is 0 Å². The molecule has 0 aliphatic rings. The van der Waals surface area contributed by atoms with Crippen molar-refractivity contribution >= 4 is 15.8 Å². The Balaban J connectivity index is 3.43. The summed E-state index contributed by atoms with van der Waals surface area (Å²) in [6, 6.07) is 2.91. The van der Waals surface area contributed by atoms with Crippen LogP contribution in [0.25, 0.3) is 0 Å². The largest absolute Gasteiger partial charge is 0.478 e. The monoisotopic (exact) mass is 284 g/mol. The summed E-state index contributed by atoms with van der Waals surface area (Å²) in [5, 5.41) is 8.59. The minimum atomic E-state index is -3.47. The molecular weight excluding hydrogens is 264 g/mol. The van der Waals surface area contributed by atoms with Gasteiger partial charge in [0.25, 0.3) is 0 Å². The van der Waals surface area contributed by atoms with E-state index in [2.05, 4.69) is 0 Å². The number of benzene rings is 1. The molecule has 0 aliphatic carbocycles. The van der Waals surface area contributed by atoms with Gasteiger partial charge in [-0.2, -0.15) is 0 Å². The molecule has 1 aromatic carbocycles. The molecule has 0 amide bonds. The molecule has 1 unspecified atom stereocenters. The van der Waals surface area contributed by atoms with Crippen LogP contribution in [0.3, 0.4) is 0 Å². The highest BCUT2D eigenvalue weighted by Crippen LogP contribution is 2.25. The van der Waals surface area contributed by atoms with Gasteiger partial charge in [0.1, 0.15) is 0 Å². The summed E-state index contributed by atoms with van der Waals surface area (Å²) < 4.78 is 24.9. The second-order valence-corrected chi connectivity index (χ2v) is 7.22. The van der Waals surface area contributed by atoms with E-state index in [0.717, 1.165) is 6.42 Å². The van der Waals surface area contributed by atoms with Crippen LogP contribution in [0.15, 0.2) is 17.0 Å². The molecule has 5 heteroatoms. The van der Waals surface area contributed by atoms with Crippen LogP contribution in [0.1, 0.15) is 48.2 Å². The first-order valence-electron chi connectivity index (χ1n) is 6.30. The molecule has 1 rings (SSSR count). The summed E-state index contributed by atoms with van der Waals surface area (Å²) in [7, 11) is -3.47. The van der Waals surface area contributed by atoms with Crippen LogP contribution >= 0.6 is 0 Å². The molecule has 1 N–H and O–H groups in total. The number of hydrogen-bond acceptors (Lipinski definition) is 3. The topological polar surface area (TPSA) is 71.4 Å². The number of carboxylic acids is 1.